The molecule has 18 heavy (non-hydrogen) atoms. The van der Waals surface area contributed by atoms with Gasteiger partial charge in [0.25, 0.3) is 0 Å². The predicted octanol–water partition coefficient (Wildman–Crippen LogP) is 3.97. The topological polar surface area (TPSA) is 15.3 Å². The van der Waals surface area contributed by atoms with Crippen molar-refractivity contribution in [2.24, 2.45) is 5.92 Å². The van der Waals surface area contributed by atoms with Crippen LogP contribution in [0.15, 0.2) is 22.7 Å². The van der Waals surface area contributed by atoms with Crippen LogP contribution in [0, 0.1) is 5.92 Å². The highest BCUT2D eigenvalue weighted by atomic mass is 79.9. The lowest BCUT2D eigenvalue weighted by atomic mass is 10.0. The third-order valence-electron chi connectivity index (χ3n) is 4.09. The van der Waals surface area contributed by atoms with Crippen molar-refractivity contribution in [3.05, 3.63) is 28.2 Å². The minimum atomic E-state index is 0.387. The van der Waals surface area contributed by atoms with Gasteiger partial charge in [-0.2, -0.15) is 0 Å². The lowest BCUT2D eigenvalue weighted by Crippen LogP contribution is -2.23. The van der Waals surface area contributed by atoms with Crippen molar-refractivity contribution in [2.75, 3.05) is 25.0 Å². The number of anilines is 1. The number of benzene rings is 1. The molecule has 2 rings (SSSR count). The van der Waals surface area contributed by atoms with Gasteiger partial charge in [0, 0.05) is 29.3 Å². The van der Waals surface area contributed by atoms with Gasteiger partial charge in [-0.3, -0.25) is 0 Å². The Hall–Kier alpha value is -0.540. The van der Waals surface area contributed by atoms with Crippen molar-refractivity contribution in [1.82, 2.24) is 5.32 Å². The van der Waals surface area contributed by atoms with E-state index in [0.29, 0.717) is 6.04 Å². The summed E-state index contributed by atoms with van der Waals surface area (Å²) in [6, 6.07) is 7.04. The number of hydrogen-bond acceptors (Lipinski definition) is 2. The van der Waals surface area contributed by atoms with Gasteiger partial charge in [-0.05, 0) is 50.1 Å². The summed E-state index contributed by atoms with van der Waals surface area (Å²) in [6.45, 7) is 6.93. The van der Waals surface area contributed by atoms with Gasteiger partial charge in [0.15, 0.2) is 0 Å². The third-order valence-corrected chi connectivity index (χ3v) is 4.59. The number of halogens is 1. The van der Waals surface area contributed by atoms with Crippen molar-refractivity contribution in [1.29, 1.82) is 0 Å². The average molecular weight is 311 g/mol. The molecule has 0 spiro atoms. The van der Waals surface area contributed by atoms with E-state index in [-0.39, 0.29) is 0 Å². The van der Waals surface area contributed by atoms with Crippen molar-refractivity contribution in [3.63, 3.8) is 0 Å². The van der Waals surface area contributed by atoms with Crippen LogP contribution < -0.4 is 10.2 Å². The number of rotatable bonds is 4. The van der Waals surface area contributed by atoms with Crippen LogP contribution in [0.3, 0.4) is 0 Å². The Labute approximate surface area is 119 Å². The monoisotopic (exact) mass is 310 g/mol. The standard InChI is InChI=1S/C15H23BrN2/c1-4-12-7-8-18(10-12)15-6-5-13(16)9-14(15)11(2)17-3/h5-6,9,11-12,17H,4,7-8,10H2,1-3H3. The zero-order chi connectivity index (χ0) is 13.1. The Morgan fingerprint density at radius 1 is 1.50 bits per heavy atom. The molecule has 0 saturated carbocycles. The normalized spacial score (nSPS) is 21.3. The molecule has 0 aromatic heterocycles. The van der Waals surface area contributed by atoms with Gasteiger partial charge in [0.2, 0.25) is 0 Å². The molecule has 0 amide bonds. The molecule has 0 radical (unpaired) electrons. The highest BCUT2D eigenvalue weighted by molar-refractivity contribution is 9.10. The molecule has 1 aromatic rings. The molecule has 1 fully saturated rings. The van der Waals surface area contributed by atoms with Gasteiger partial charge in [0.1, 0.15) is 0 Å². The van der Waals surface area contributed by atoms with E-state index in [4.69, 9.17) is 0 Å². The van der Waals surface area contributed by atoms with Gasteiger partial charge in [-0.25, -0.2) is 0 Å². The smallest absolute Gasteiger partial charge is 0.0415 e. The summed E-state index contributed by atoms with van der Waals surface area (Å²) in [5.41, 5.74) is 2.79. The quantitative estimate of drug-likeness (QED) is 0.905. The molecule has 0 bridgehead atoms. The first-order chi connectivity index (χ1) is 8.65. The third kappa shape index (κ3) is 2.89. The summed E-state index contributed by atoms with van der Waals surface area (Å²) < 4.78 is 1.16. The molecule has 1 saturated heterocycles. The highest BCUT2D eigenvalue weighted by Crippen LogP contribution is 2.33. The molecule has 2 nitrogen and oxygen atoms in total. The molecule has 1 heterocycles. The number of hydrogen-bond donors (Lipinski definition) is 1. The SMILES string of the molecule is CCC1CCN(c2ccc(Br)cc2C(C)NC)C1. The summed E-state index contributed by atoms with van der Waals surface area (Å²) in [6.07, 6.45) is 2.63. The van der Waals surface area contributed by atoms with E-state index in [9.17, 15) is 0 Å². The average Bonchev–Trinajstić information content (AvgIpc) is 2.86. The van der Waals surface area contributed by atoms with Gasteiger partial charge >= 0.3 is 0 Å². The minimum Gasteiger partial charge on any atom is -0.371 e. The molecule has 1 aliphatic rings. The zero-order valence-electron chi connectivity index (χ0n) is 11.5. The molecule has 100 valence electrons. The van der Waals surface area contributed by atoms with Crippen molar-refractivity contribution in [2.45, 2.75) is 32.7 Å². The maximum Gasteiger partial charge on any atom is 0.0415 e. The molecular formula is C15H23BrN2. The van der Waals surface area contributed by atoms with E-state index in [1.165, 1.54) is 37.2 Å². The van der Waals surface area contributed by atoms with Crippen LogP contribution in [-0.4, -0.2) is 20.1 Å². The summed E-state index contributed by atoms with van der Waals surface area (Å²) >= 11 is 3.58. The molecule has 1 N–H and O–H groups in total. The zero-order valence-corrected chi connectivity index (χ0v) is 13.1. The van der Waals surface area contributed by atoms with Gasteiger partial charge in [-0.15, -0.1) is 0 Å². The first kappa shape index (κ1) is 13.9. The Morgan fingerprint density at radius 2 is 2.28 bits per heavy atom. The summed E-state index contributed by atoms with van der Waals surface area (Å²) in [5, 5.41) is 3.35. The van der Waals surface area contributed by atoms with E-state index in [2.05, 4.69) is 58.2 Å². The molecular weight excluding hydrogens is 288 g/mol. The van der Waals surface area contributed by atoms with Crippen LogP contribution in [0.5, 0.6) is 0 Å². The fraction of sp³-hybridized carbons (Fsp3) is 0.600. The lowest BCUT2D eigenvalue weighted by molar-refractivity contribution is 0.568. The maximum atomic E-state index is 3.58. The van der Waals surface area contributed by atoms with Gasteiger partial charge in [-0.1, -0.05) is 29.3 Å². The summed E-state index contributed by atoms with van der Waals surface area (Å²) in [5.74, 6) is 0.867. The van der Waals surface area contributed by atoms with Crippen molar-refractivity contribution in [3.8, 4) is 0 Å². The van der Waals surface area contributed by atoms with Crippen LogP contribution in [0.1, 0.15) is 38.3 Å². The molecule has 2 unspecified atom stereocenters. The fourth-order valence-electron chi connectivity index (χ4n) is 2.70. The van der Waals surface area contributed by atoms with Crippen LogP contribution in [0.25, 0.3) is 0 Å². The van der Waals surface area contributed by atoms with E-state index in [0.717, 1.165) is 10.4 Å². The molecule has 2 atom stereocenters. The van der Waals surface area contributed by atoms with Crippen LogP contribution >= 0.6 is 15.9 Å². The Bertz CT molecular complexity index is 405. The molecule has 1 aliphatic heterocycles. The number of nitrogens with one attached hydrogen (secondary N) is 1. The van der Waals surface area contributed by atoms with Crippen molar-refractivity contribution < 1.29 is 0 Å². The molecule has 1 aromatic carbocycles. The largest absolute Gasteiger partial charge is 0.371 e. The maximum absolute atomic E-state index is 3.58. The molecule has 3 heteroatoms. The molecule has 0 aliphatic carbocycles. The van der Waals surface area contributed by atoms with Crippen LogP contribution in [-0.2, 0) is 0 Å². The Kier molecular flexibility index (Phi) is 4.68. The Morgan fingerprint density at radius 3 is 2.89 bits per heavy atom. The first-order valence-corrected chi connectivity index (χ1v) is 7.66. The van der Waals surface area contributed by atoms with Gasteiger partial charge in [0.05, 0.1) is 0 Å². The fourth-order valence-corrected chi connectivity index (χ4v) is 3.08. The highest BCUT2D eigenvalue weighted by Gasteiger charge is 2.23. The summed E-state index contributed by atoms with van der Waals surface area (Å²) in [7, 11) is 2.02. The van der Waals surface area contributed by atoms with Crippen molar-refractivity contribution >= 4 is 21.6 Å². The van der Waals surface area contributed by atoms with Gasteiger partial charge < -0.3 is 10.2 Å². The lowest BCUT2D eigenvalue weighted by Gasteiger charge is -2.25. The minimum absolute atomic E-state index is 0.387. The predicted molar refractivity (Wildman–Crippen MR) is 82.2 cm³/mol. The second-order valence-corrected chi connectivity index (χ2v) is 6.14. The number of nitrogens with zero attached hydrogens (tertiary/aromatic N) is 1. The van der Waals surface area contributed by atoms with E-state index in [1.807, 2.05) is 7.05 Å². The second kappa shape index (κ2) is 6.07. The van der Waals surface area contributed by atoms with E-state index in [1.54, 1.807) is 0 Å². The van der Waals surface area contributed by atoms with Crippen LogP contribution in [0.4, 0.5) is 5.69 Å². The first-order valence-electron chi connectivity index (χ1n) is 6.87. The Balaban J connectivity index is 2.27. The summed E-state index contributed by atoms with van der Waals surface area (Å²) in [4.78, 5) is 2.55. The van der Waals surface area contributed by atoms with E-state index >= 15 is 0 Å². The second-order valence-electron chi connectivity index (χ2n) is 5.22. The van der Waals surface area contributed by atoms with Crippen LogP contribution in [0.2, 0.25) is 0 Å². The van der Waals surface area contributed by atoms with E-state index < -0.39 is 0 Å².